The minimum absolute atomic E-state index is 0.0486. The molecule has 1 aliphatic heterocycles. The van der Waals surface area contributed by atoms with E-state index < -0.39 is 12.1 Å². The summed E-state index contributed by atoms with van der Waals surface area (Å²) in [5.74, 6) is -0.0486. The first kappa shape index (κ1) is 12.4. The Morgan fingerprint density at radius 3 is 2.94 bits per heavy atom. The van der Waals surface area contributed by atoms with Gasteiger partial charge in [0.2, 0.25) is 5.91 Å². The van der Waals surface area contributed by atoms with Crippen LogP contribution in [-0.4, -0.2) is 40.5 Å². The normalized spacial score (nSPS) is 19.4. The molecule has 1 unspecified atom stereocenters. The van der Waals surface area contributed by atoms with Crippen molar-refractivity contribution in [3.05, 3.63) is 12.5 Å². The Hall–Kier alpha value is -2.05. The van der Waals surface area contributed by atoms with E-state index in [2.05, 4.69) is 15.6 Å². The van der Waals surface area contributed by atoms with Crippen LogP contribution in [0.15, 0.2) is 16.9 Å². The Labute approximate surface area is 105 Å². The van der Waals surface area contributed by atoms with Gasteiger partial charge >= 0.3 is 12.0 Å². The summed E-state index contributed by atoms with van der Waals surface area (Å²) in [4.78, 5) is 29.0. The summed E-state index contributed by atoms with van der Waals surface area (Å²) in [5, 5.41) is 5.03. The van der Waals surface area contributed by atoms with Crippen molar-refractivity contribution in [1.82, 2.24) is 15.2 Å². The molecule has 1 fully saturated rings. The minimum Gasteiger partial charge on any atom is -0.432 e. The van der Waals surface area contributed by atoms with E-state index in [1.165, 1.54) is 12.5 Å². The van der Waals surface area contributed by atoms with Crippen molar-refractivity contribution in [3.63, 3.8) is 0 Å². The van der Waals surface area contributed by atoms with E-state index >= 15 is 0 Å². The number of urea groups is 1. The van der Waals surface area contributed by atoms with Crippen LogP contribution in [0.3, 0.4) is 0 Å². The van der Waals surface area contributed by atoms with E-state index in [1.54, 1.807) is 4.90 Å². The van der Waals surface area contributed by atoms with Crippen LogP contribution in [0.2, 0.25) is 0 Å². The summed E-state index contributed by atoms with van der Waals surface area (Å²) in [5.41, 5.74) is 0. The maximum absolute atomic E-state index is 11.9. The number of oxazole rings is 1. The molecule has 3 amide bonds. The lowest BCUT2D eigenvalue weighted by Crippen LogP contribution is -2.44. The molecule has 0 radical (unpaired) electrons. The van der Waals surface area contributed by atoms with Gasteiger partial charge in [-0.25, -0.2) is 9.78 Å². The van der Waals surface area contributed by atoms with Gasteiger partial charge in [-0.2, -0.15) is 0 Å². The van der Waals surface area contributed by atoms with Crippen LogP contribution in [-0.2, 0) is 4.79 Å². The summed E-state index contributed by atoms with van der Waals surface area (Å²) >= 11 is 0. The Morgan fingerprint density at radius 2 is 2.39 bits per heavy atom. The fraction of sp³-hybridized carbons (Fsp3) is 0.545. The smallest absolute Gasteiger partial charge is 0.323 e. The quantitative estimate of drug-likeness (QED) is 0.833. The third-order valence-corrected chi connectivity index (χ3v) is 2.82. The molecule has 7 heteroatoms. The van der Waals surface area contributed by atoms with Gasteiger partial charge < -0.3 is 14.6 Å². The van der Waals surface area contributed by atoms with Gasteiger partial charge in [-0.1, -0.05) is 0 Å². The molecular weight excluding hydrogens is 236 g/mol. The highest BCUT2D eigenvalue weighted by Gasteiger charge is 2.33. The van der Waals surface area contributed by atoms with E-state index in [-0.39, 0.29) is 18.0 Å². The third kappa shape index (κ3) is 2.61. The number of amides is 3. The number of carbonyl (C=O) groups is 2. The van der Waals surface area contributed by atoms with Crippen molar-refractivity contribution in [2.75, 3.05) is 11.9 Å². The van der Waals surface area contributed by atoms with E-state index in [0.29, 0.717) is 13.0 Å². The molecule has 1 aromatic heterocycles. The monoisotopic (exact) mass is 252 g/mol. The molecule has 1 saturated heterocycles. The van der Waals surface area contributed by atoms with E-state index in [1.807, 2.05) is 13.8 Å². The second-order valence-electron chi connectivity index (χ2n) is 4.40. The second kappa shape index (κ2) is 5.07. The Kier molecular flexibility index (Phi) is 3.50. The van der Waals surface area contributed by atoms with Gasteiger partial charge in [0.15, 0.2) is 0 Å². The van der Waals surface area contributed by atoms with E-state index in [4.69, 9.17) is 4.42 Å². The van der Waals surface area contributed by atoms with Gasteiger partial charge in [-0.05, 0) is 20.3 Å². The molecule has 2 N–H and O–H groups in total. The van der Waals surface area contributed by atoms with Gasteiger partial charge in [-0.15, -0.1) is 0 Å². The highest BCUT2D eigenvalue weighted by molar-refractivity contribution is 5.93. The maximum atomic E-state index is 11.9. The molecule has 1 aliphatic rings. The molecule has 1 aromatic rings. The molecule has 1 atom stereocenters. The maximum Gasteiger partial charge on any atom is 0.323 e. The zero-order valence-electron chi connectivity index (χ0n) is 10.3. The van der Waals surface area contributed by atoms with Crippen molar-refractivity contribution in [2.24, 2.45) is 0 Å². The molecule has 2 heterocycles. The number of hydrogen-bond acceptors (Lipinski definition) is 4. The van der Waals surface area contributed by atoms with Crippen LogP contribution in [0.5, 0.6) is 0 Å². The number of hydrogen-bond donors (Lipinski definition) is 2. The number of carbonyl (C=O) groups excluding carboxylic acids is 2. The van der Waals surface area contributed by atoms with Gasteiger partial charge in [0, 0.05) is 12.6 Å². The highest BCUT2D eigenvalue weighted by atomic mass is 16.4. The van der Waals surface area contributed by atoms with Gasteiger partial charge in [0.05, 0.1) is 6.20 Å². The van der Waals surface area contributed by atoms with Gasteiger partial charge in [0.1, 0.15) is 12.3 Å². The largest absolute Gasteiger partial charge is 0.432 e. The van der Waals surface area contributed by atoms with Crippen LogP contribution in [0, 0.1) is 0 Å². The second-order valence-corrected chi connectivity index (χ2v) is 4.40. The lowest BCUT2D eigenvalue weighted by molar-refractivity contribution is -0.130. The average molecular weight is 252 g/mol. The zero-order chi connectivity index (χ0) is 13.1. The average Bonchev–Trinajstić information content (AvgIpc) is 2.90. The van der Waals surface area contributed by atoms with Gasteiger partial charge in [-0.3, -0.25) is 10.1 Å². The minimum atomic E-state index is -0.485. The van der Waals surface area contributed by atoms with Crippen LogP contribution >= 0.6 is 0 Å². The zero-order valence-corrected chi connectivity index (χ0v) is 10.3. The Bertz CT molecular complexity index is 430. The van der Waals surface area contributed by atoms with E-state index in [0.717, 1.165) is 0 Å². The van der Waals surface area contributed by atoms with Crippen molar-refractivity contribution in [2.45, 2.75) is 32.4 Å². The topological polar surface area (TPSA) is 87.5 Å². The van der Waals surface area contributed by atoms with Crippen molar-refractivity contribution < 1.29 is 14.0 Å². The fourth-order valence-corrected chi connectivity index (χ4v) is 1.93. The van der Waals surface area contributed by atoms with Crippen molar-refractivity contribution in [1.29, 1.82) is 0 Å². The molecule has 0 spiro atoms. The Morgan fingerprint density at radius 1 is 1.61 bits per heavy atom. The van der Waals surface area contributed by atoms with Crippen molar-refractivity contribution in [3.8, 4) is 0 Å². The first-order chi connectivity index (χ1) is 8.58. The SMILES string of the molecule is CC(C)N1CCC(NC(=O)Nc2ncco2)C1=O. The number of anilines is 1. The molecule has 7 nitrogen and oxygen atoms in total. The molecule has 2 rings (SSSR count). The number of rotatable bonds is 3. The summed E-state index contributed by atoms with van der Waals surface area (Å²) in [6.45, 7) is 4.57. The summed E-state index contributed by atoms with van der Waals surface area (Å²) in [7, 11) is 0. The first-order valence-electron chi connectivity index (χ1n) is 5.85. The lowest BCUT2D eigenvalue weighted by Gasteiger charge is -2.21. The van der Waals surface area contributed by atoms with Crippen LogP contribution in [0.1, 0.15) is 20.3 Å². The van der Waals surface area contributed by atoms with Crippen LogP contribution in [0.4, 0.5) is 10.8 Å². The molecule has 0 bridgehead atoms. The first-order valence-corrected chi connectivity index (χ1v) is 5.85. The number of aromatic nitrogens is 1. The highest BCUT2D eigenvalue weighted by Crippen LogP contribution is 2.14. The molecule has 18 heavy (non-hydrogen) atoms. The predicted octanol–water partition coefficient (Wildman–Crippen LogP) is 0.805. The fourth-order valence-electron chi connectivity index (χ4n) is 1.93. The molecule has 0 aromatic carbocycles. The van der Waals surface area contributed by atoms with Crippen LogP contribution < -0.4 is 10.6 Å². The number of likely N-dealkylation sites (tertiary alicyclic amines) is 1. The summed E-state index contributed by atoms with van der Waals surface area (Å²) < 4.78 is 4.88. The third-order valence-electron chi connectivity index (χ3n) is 2.82. The van der Waals surface area contributed by atoms with Gasteiger partial charge in [0.25, 0.3) is 0 Å². The van der Waals surface area contributed by atoms with E-state index in [9.17, 15) is 9.59 Å². The summed E-state index contributed by atoms with van der Waals surface area (Å²) in [6.07, 6.45) is 3.41. The Balaban J connectivity index is 1.87. The standard InChI is InChI=1S/C11H16N4O3/c1-7(2)15-5-3-8(9(15)16)13-10(17)14-11-12-4-6-18-11/h4,6-8H,3,5H2,1-2H3,(H2,12,13,14,17). The van der Waals surface area contributed by atoms with Crippen molar-refractivity contribution >= 4 is 18.0 Å². The summed E-state index contributed by atoms with van der Waals surface area (Å²) in [6, 6.07) is -0.693. The molecule has 0 aliphatic carbocycles. The predicted molar refractivity (Wildman–Crippen MR) is 63.9 cm³/mol. The number of nitrogens with zero attached hydrogens (tertiary/aromatic N) is 2. The lowest BCUT2D eigenvalue weighted by atomic mass is 10.2. The molecular formula is C11H16N4O3. The number of nitrogens with one attached hydrogen (secondary N) is 2. The van der Waals surface area contributed by atoms with Crippen LogP contribution in [0.25, 0.3) is 0 Å². The molecule has 0 saturated carbocycles. The molecule has 98 valence electrons.